The van der Waals surface area contributed by atoms with E-state index in [0.29, 0.717) is 18.2 Å². The molecule has 0 atom stereocenters. The van der Waals surface area contributed by atoms with Crippen LogP contribution in [0.1, 0.15) is 24.8 Å². The predicted octanol–water partition coefficient (Wildman–Crippen LogP) is 3.31. The van der Waals surface area contributed by atoms with Gasteiger partial charge >= 0.3 is 0 Å². The number of unbranched alkanes of at least 4 members (excludes halogenated alkanes) is 1. The molecular weight excluding hydrogens is 242 g/mol. The molecule has 0 aliphatic carbocycles. The molecule has 1 aromatic carbocycles. The van der Waals surface area contributed by atoms with E-state index in [0.717, 1.165) is 29.8 Å². The van der Waals surface area contributed by atoms with E-state index < -0.39 is 0 Å². The molecule has 0 fully saturated rings. The van der Waals surface area contributed by atoms with Crippen molar-refractivity contribution in [2.24, 2.45) is 5.73 Å². The van der Waals surface area contributed by atoms with Crippen LogP contribution in [0.5, 0.6) is 0 Å². The fourth-order valence-electron chi connectivity index (χ4n) is 1.30. The van der Waals surface area contributed by atoms with Gasteiger partial charge < -0.3 is 10.5 Å². The fourth-order valence-corrected chi connectivity index (χ4v) is 1.64. The SMILES string of the molecule is NC(=S)CCCCOCc1ccccc1Cl. The third-order valence-electron chi connectivity index (χ3n) is 2.18. The van der Waals surface area contributed by atoms with Gasteiger partial charge in [0.25, 0.3) is 0 Å². The van der Waals surface area contributed by atoms with E-state index in [2.05, 4.69) is 0 Å². The number of hydrogen-bond acceptors (Lipinski definition) is 2. The van der Waals surface area contributed by atoms with E-state index in [-0.39, 0.29) is 0 Å². The molecule has 2 N–H and O–H groups in total. The maximum absolute atomic E-state index is 5.99. The molecule has 0 spiro atoms. The van der Waals surface area contributed by atoms with Crippen LogP contribution in [0.2, 0.25) is 5.02 Å². The van der Waals surface area contributed by atoms with Gasteiger partial charge in [-0.15, -0.1) is 0 Å². The lowest BCUT2D eigenvalue weighted by molar-refractivity contribution is 0.117. The van der Waals surface area contributed by atoms with E-state index in [1.54, 1.807) is 0 Å². The van der Waals surface area contributed by atoms with Gasteiger partial charge in [0.1, 0.15) is 0 Å². The Bertz CT molecular complexity index is 344. The van der Waals surface area contributed by atoms with Crippen LogP contribution >= 0.6 is 23.8 Å². The first-order chi connectivity index (χ1) is 7.70. The predicted molar refractivity (Wildman–Crippen MR) is 71.7 cm³/mol. The summed E-state index contributed by atoms with van der Waals surface area (Å²) in [7, 11) is 0. The Kier molecular flexibility index (Phi) is 6.38. The summed E-state index contributed by atoms with van der Waals surface area (Å²) in [6.45, 7) is 1.28. The molecule has 0 saturated heterocycles. The summed E-state index contributed by atoms with van der Waals surface area (Å²) in [5, 5.41) is 0.755. The number of nitrogens with two attached hydrogens (primary N) is 1. The standard InChI is InChI=1S/C12H16ClNOS/c13-11-6-2-1-5-10(11)9-15-8-4-3-7-12(14)16/h1-2,5-6H,3-4,7-9H2,(H2,14,16). The van der Waals surface area contributed by atoms with Crippen molar-refractivity contribution < 1.29 is 4.74 Å². The fraction of sp³-hybridized carbons (Fsp3) is 0.417. The first-order valence-corrected chi connectivity index (χ1v) is 6.08. The van der Waals surface area contributed by atoms with E-state index in [1.807, 2.05) is 24.3 Å². The van der Waals surface area contributed by atoms with Crippen molar-refractivity contribution in [2.45, 2.75) is 25.9 Å². The largest absolute Gasteiger partial charge is 0.393 e. The van der Waals surface area contributed by atoms with E-state index >= 15 is 0 Å². The molecule has 0 amide bonds. The third-order valence-corrected chi connectivity index (χ3v) is 2.75. The molecule has 4 heteroatoms. The van der Waals surface area contributed by atoms with Crippen LogP contribution in [0.3, 0.4) is 0 Å². The highest BCUT2D eigenvalue weighted by Crippen LogP contribution is 2.15. The lowest BCUT2D eigenvalue weighted by Crippen LogP contribution is -2.07. The molecule has 1 rings (SSSR count). The molecule has 0 saturated carbocycles. The second-order valence-corrected chi connectivity index (χ2v) is 4.50. The van der Waals surface area contributed by atoms with Crippen LogP contribution in [0.15, 0.2) is 24.3 Å². The van der Waals surface area contributed by atoms with Gasteiger partial charge in [0.2, 0.25) is 0 Å². The molecule has 0 aromatic heterocycles. The summed E-state index contributed by atoms with van der Waals surface area (Å²) in [4.78, 5) is 0.575. The van der Waals surface area contributed by atoms with Crippen molar-refractivity contribution in [3.05, 3.63) is 34.9 Å². The summed E-state index contributed by atoms with van der Waals surface area (Å²) in [6.07, 6.45) is 2.75. The number of halogens is 1. The van der Waals surface area contributed by atoms with Gasteiger partial charge in [-0.2, -0.15) is 0 Å². The Labute approximate surface area is 107 Å². The lowest BCUT2D eigenvalue weighted by Gasteiger charge is -2.05. The number of thiocarbonyl (C=S) groups is 1. The van der Waals surface area contributed by atoms with Crippen molar-refractivity contribution >= 4 is 28.8 Å². The van der Waals surface area contributed by atoms with Crippen LogP contribution < -0.4 is 5.73 Å². The van der Waals surface area contributed by atoms with Gasteiger partial charge in [-0.3, -0.25) is 0 Å². The van der Waals surface area contributed by atoms with Crippen molar-refractivity contribution in [1.82, 2.24) is 0 Å². The molecule has 2 nitrogen and oxygen atoms in total. The third kappa shape index (κ3) is 5.45. The van der Waals surface area contributed by atoms with Crippen molar-refractivity contribution in [3.63, 3.8) is 0 Å². The van der Waals surface area contributed by atoms with Gasteiger partial charge in [0.05, 0.1) is 11.6 Å². The molecule has 88 valence electrons. The first-order valence-electron chi connectivity index (χ1n) is 5.29. The molecule has 0 bridgehead atoms. The molecular formula is C12H16ClNOS. The van der Waals surface area contributed by atoms with Gasteiger partial charge in [-0.1, -0.05) is 42.0 Å². The average molecular weight is 258 g/mol. The van der Waals surface area contributed by atoms with E-state index in [9.17, 15) is 0 Å². The van der Waals surface area contributed by atoms with Crippen LogP contribution in [0.25, 0.3) is 0 Å². The number of hydrogen-bond donors (Lipinski definition) is 1. The Hall–Kier alpha value is -0.640. The topological polar surface area (TPSA) is 35.2 Å². The smallest absolute Gasteiger partial charge is 0.0731 e. The minimum atomic E-state index is 0.562. The summed E-state index contributed by atoms with van der Waals surface area (Å²) < 4.78 is 5.51. The van der Waals surface area contributed by atoms with Gasteiger partial charge in [0, 0.05) is 11.6 Å². The normalized spacial score (nSPS) is 10.3. The molecule has 1 aromatic rings. The Morgan fingerprint density at radius 1 is 1.31 bits per heavy atom. The van der Waals surface area contributed by atoms with E-state index in [4.69, 9.17) is 34.3 Å². The lowest BCUT2D eigenvalue weighted by atomic mass is 10.2. The Balaban J connectivity index is 2.12. The second-order valence-electron chi connectivity index (χ2n) is 3.57. The maximum Gasteiger partial charge on any atom is 0.0731 e. The monoisotopic (exact) mass is 257 g/mol. The van der Waals surface area contributed by atoms with Crippen LogP contribution in [-0.4, -0.2) is 11.6 Å². The average Bonchev–Trinajstić information content (AvgIpc) is 2.25. The van der Waals surface area contributed by atoms with Gasteiger partial charge in [0.15, 0.2) is 0 Å². The highest BCUT2D eigenvalue weighted by molar-refractivity contribution is 7.80. The van der Waals surface area contributed by atoms with Crippen LogP contribution in [0, 0.1) is 0 Å². The zero-order chi connectivity index (χ0) is 11.8. The minimum Gasteiger partial charge on any atom is -0.393 e. The maximum atomic E-state index is 5.99. The summed E-state index contributed by atoms with van der Waals surface area (Å²) in [6, 6.07) is 7.70. The quantitative estimate of drug-likeness (QED) is 0.601. The van der Waals surface area contributed by atoms with Gasteiger partial charge in [-0.25, -0.2) is 0 Å². The highest BCUT2D eigenvalue weighted by Gasteiger charge is 1.98. The molecule has 0 aliphatic heterocycles. The molecule has 0 unspecified atom stereocenters. The molecule has 0 radical (unpaired) electrons. The number of ether oxygens (including phenoxy) is 1. The molecule has 0 aliphatic rings. The summed E-state index contributed by atoms with van der Waals surface area (Å²) in [5.74, 6) is 0. The minimum absolute atomic E-state index is 0.562. The zero-order valence-corrected chi connectivity index (χ0v) is 10.7. The van der Waals surface area contributed by atoms with Gasteiger partial charge in [-0.05, 0) is 30.9 Å². The van der Waals surface area contributed by atoms with Crippen molar-refractivity contribution in [1.29, 1.82) is 0 Å². The summed E-state index contributed by atoms with van der Waals surface area (Å²) in [5.41, 5.74) is 6.42. The van der Waals surface area contributed by atoms with Crippen molar-refractivity contribution in [2.75, 3.05) is 6.61 Å². The second kappa shape index (κ2) is 7.60. The van der Waals surface area contributed by atoms with E-state index in [1.165, 1.54) is 0 Å². The Morgan fingerprint density at radius 3 is 2.75 bits per heavy atom. The number of rotatable bonds is 7. The van der Waals surface area contributed by atoms with Crippen LogP contribution in [0.4, 0.5) is 0 Å². The van der Waals surface area contributed by atoms with Crippen molar-refractivity contribution in [3.8, 4) is 0 Å². The first kappa shape index (κ1) is 13.4. The molecule has 0 heterocycles. The number of benzene rings is 1. The zero-order valence-electron chi connectivity index (χ0n) is 9.12. The highest BCUT2D eigenvalue weighted by atomic mass is 35.5. The summed E-state index contributed by atoms with van der Waals surface area (Å²) >= 11 is 10.8. The van der Waals surface area contributed by atoms with Crippen LogP contribution in [-0.2, 0) is 11.3 Å². The Morgan fingerprint density at radius 2 is 2.06 bits per heavy atom. The molecule has 16 heavy (non-hydrogen) atoms.